The van der Waals surface area contributed by atoms with Crippen LogP contribution in [-0.4, -0.2) is 12.6 Å². The monoisotopic (exact) mass is 169 g/mol. The van der Waals surface area contributed by atoms with Crippen molar-refractivity contribution in [3.05, 3.63) is 0 Å². The first kappa shape index (κ1) is 11.4. The molecule has 0 aromatic rings. The van der Waals surface area contributed by atoms with Crippen LogP contribution >= 0.6 is 0 Å². The van der Waals surface area contributed by atoms with Gasteiger partial charge in [0, 0.05) is 6.04 Å². The molecule has 12 heavy (non-hydrogen) atoms. The number of nitrogens with two attached hydrogens (primary N) is 2. The molecule has 0 amide bonds. The Kier molecular flexibility index (Phi) is 8.09. The van der Waals surface area contributed by atoms with Crippen molar-refractivity contribution in [2.24, 2.45) is 11.5 Å². The molecule has 3 nitrogen and oxygen atoms in total. The number of nitrogens with zero attached hydrogens (tertiary/aromatic N) is 1. The van der Waals surface area contributed by atoms with Crippen molar-refractivity contribution >= 4 is 0 Å². The summed E-state index contributed by atoms with van der Waals surface area (Å²) in [6, 6.07) is 2.15. The lowest BCUT2D eigenvalue weighted by molar-refractivity contribution is 0.550. The highest BCUT2D eigenvalue weighted by atomic mass is 14.6. The normalized spacial score (nSPS) is 12.4. The lowest BCUT2D eigenvalue weighted by Gasteiger charge is -2.05. The quantitative estimate of drug-likeness (QED) is 0.561. The Morgan fingerprint density at radius 3 is 2.42 bits per heavy atom. The Bertz CT molecular complexity index is 128. The molecule has 0 rings (SSSR count). The molecule has 1 atom stereocenters. The smallest absolute Gasteiger partial charge is 0.0638 e. The number of nitriles is 1. The van der Waals surface area contributed by atoms with Crippen molar-refractivity contribution in [3.63, 3.8) is 0 Å². The highest BCUT2D eigenvalue weighted by Crippen LogP contribution is 2.05. The van der Waals surface area contributed by atoms with E-state index in [9.17, 15) is 0 Å². The van der Waals surface area contributed by atoms with Crippen LogP contribution in [0, 0.1) is 11.3 Å². The van der Waals surface area contributed by atoms with E-state index in [0.29, 0.717) is 6.42 Å². The van der Waals surface area contributed by atoms with E-state index in [1.54, 1.807) is 0 Å². The number of unbranched alkanes of at least 4 members (excludes halogenated alkanes) is 3. The van der Waals surface area contributed by atoms with Gasteiger partial charge in [-0.25, -0.2) is 0 Å². The van der Waals surface area contributed by atoms with Gasteiger partial charge in [0.15, 0.2) is 0 Å². The minimum Gasteiger partial charge on any atom is -0.330 e. The van der Waals surface area contributed by atoms with E-state index in [-0.39, 0.29) is 6.04 Å². The molecule has 0 saturated carbocycles. The average molecular weight is 169 g/mol. The van der Waals surface area contributed by atoms with E-state index in [2.05, 4.69) is 6.07 Å². The highest BCUT2D eigenvalue weighted by Gasteiger charge is 1.99. The second kappa shape index (κ2) is 8.51. The maximum absolute atomic E-state index is 8.33. The van der Waals surface area contributed by atoms with Crippen LogP contribution < -0.4 is 11.5 Å². The van der Waals surface area contributed by atoms with Crippen molar-refractivity contribution in [2.45, 2.75) is 44.6 Å². The zero-order chi connectivity index (χ0) is 9.23. The Hall–Kier alpha value is -0.590. The molecule has 0 aliphatic carbocycles. The minimum absolute atomic E-state index is 0.0767. The summed E-state index contributed by atoms with van der Waals surface area (Å²) in [6.07, 6.45) is 6.07. The van der Waals surface area contributed by atoms with Crippen molar-refractivity contribution in [3.8, 4) is 6.07 Å². The maximum Gasteiger partial charge on any atom is 0.0638 e. The molecule has 0 aromatic carbocycles. The Balaban J connectivity index is 3.04. The molecule has 0 saturated heterocycles. The van der Waals surface area contributed by atoms with Gasteiger partial charge < -0.3 is 11.5 Å². The summed E-state index contributed by atoms with van der Waals surface area (Å²) in [5.74, 6) is 0. The lowest BCUT2D eigenvalue weighted by Crippen LogP contribution is -2.18. The fraction of sp³-hybridized carbons (Fsp3) is 0.889. The zero-order valence-electron chi connectivity index (χ0n) is 7.63. The van der Waals surface area contributed by atoms with Crippen LogP contribution in [0.4, 0.5) is 0 Å². The molecule has 0 bridgehead atoms. The van der Waals surface area contributed by atoms with Crippen LogP contribution in [0.3, 0.4) is 0 Å². The number of rotatable bonds is 7. The Morgan fingerprint density at radius 1 is 1.17 bits per heavy atom. The lowest BCUT2D eigenvalue weighted by atomic mass is 10.1. The first-order valence-electron chi connectivity index (χ1n) is 4.64. The van der Waals surface area contributed by atoms with Gasteiger partial charge in [-0.05, 0) is 19.4 Å². The van der Waals surface area contributed by atoms with Gasteiger partial charge in [0.2, 0.25) is 0 Å². The third-order valence-electron chi connectivity index (χ3n) is 1.88. The first-order chi connectivity index (χ1) is 5.81. The van der Waals surface area contributed by atoms with E-state index in [1.807, 2.05) is 0 Å². The number of hydrogen-bond donors (Lipinski definition) is 2. The van der Waals surface area contributed by atoms with Crippen molar-refractivity contribution in [2.75, 3.05) is 6.54 Å². The van der Waals surface area contributed by atoms with Gasteiger partial charge in [0.05, 0.1) is 12.5 Å². The Labute approximate surface area is 74.7 Å². The summed E-state index contributed by atoms with van der Waals surface area (Å²) in [7, 11) is 0. The summed E-state index contributed by atoms with van der Waals surface area (Å²) in [5, 5.41) is 8.33. The van der Waals surface area contributed by atoms with Gasteiger partial charge in [0.1, 0.15) is 0 Å². The molecule has 0 heterocycles. The second-order valence-electron chi connectivity index (χ2n) is 3.11. The largest absolute Gasteiger partial charge is 0.330 e. The van der Waals surface area contributed by atoms with Gasteiger partial charge in [-0.3, -0.25) is 0 Å². The van der Waals surface area contributed by atoms with Crippen LogP contribution in [0.15, 0.2) is 0 Å². The van der Waals surface area contributed by atoms with E-state index in [1.165, 1.54) is 12.8 Å². The molecular weight excluding hydrogens is 150 g/mol. The molecule has 1 unspecified atom stereocenters. The summed E-state index contributed by atoms with van der Waals surface area (Å²) in [6.45, 7) is 0.782. The standard InChI is InChI=1S/C9H19N3/c10-7-4-2-1-3-5-9(12)6-8-11/h9H,1-7,10,12H2. The fourth-order valence-electron chi connectivity index (χ4n) is 1.12. The zero-order valence-corrected chi connectivity index (χ0v) is 7.63. The van der Waals surface area contributed by atoms with Gasteiger partial charge >= 0.3 is 0 Å². The predicted octanol–water partition coefficient (Wildman–Crippen LogP) is 1.14. The third kappa shape index (κ3) is 7.52. The van der Waals surface area contributed by atoms with Crippen LogP contribution in [0.25, 0.3) is 0 Å². The molecule has 0 aliphatic heterocycles. The van der Waals surface area contributed by atoms with Crippen molar-refractivity contribution in [1.82, 2.24) is 0 Å². The van der Waals surface area contributed by atoms with Crippen LogP contribution in [0.2, 0.25) is 0 Å². The van der Waals surface area contributed by atoms with E-state index < -0.39 is 0 Å². The molecule has 0 aromatic heterocycles. The van der Waals surface area contributed by atoms with Crippen LogP contribution in [0.5, 0.6) is 0 Å². The third-order valence-corrected chi connectivity index (χ3v) is 1.88. The van der Waals surface area contributed by atoms with Gasteiger partial charge in [-0.15, -0.1) is 0 Å². The fourth-order valence-corrected chi connectivity index (χ4v) is 1.12. The summed E-state index contributed by atoms with van der Waals surface area (Å²) < 4.78 is 0. The topological polar surface area (TPSA) is 75.8 Å². The maximum atomic E-state index is 8.33. The SMILES string of the molecule is N#CCC(N)CCCCCCN. The molecule has 3 heteroatoms. The predicted molar refractivity (Wildman–Crippen MR) is 50.3 cm³/mol. The van der Waals surface area contributed by atoms with Crippen molar-refractivity contribution < 1.29 is 0 Å². The molecule has 0 fully saturated rings. The minimum atomic E-state index is 0.0767. The first-order valence-corrected chi connectivity index (χ1v) is 4.64. The Morgan fingerprint density at radius 2 is 1.83 bits per heavy atom. The summed E-state index contributed by atoms with van der Waals surface area (Å²) >= 11 is 0. The van der Waals surface area contributed by atoms with Crippen LogP contribution in [0.1, 0.15) is 38.5 Å². The molecule has 0 aliphatic rings. The number of hydrogen-bond acceptors (Lipinski definition) is 3. The van der Waals surface area contributed by atoms with Gasteiger partial charge in [-0.1, -0.05) is 19.3 Å². The van der Waals surface area contributed by atoms with Crippen molar-refractivity contribution in [1.29, 1.82) is 5.26 Å². The van der Waals surface area contributed by atoms with E-state index in [4.69, 9.17) is 16.7 Å². The van der Waals surface area contributed by atoms with Crippen LogP contribution in [-0.2, 0) is 0 Å². The summed E-state index contributed by atoms with van der Waals surface area (Å²) in [5.41, 5.74) is 11.0. The van der Waals surface area contributed by atoms with Gasteiger partial charge in [-0.2, -0.15) is 5.26 Å². The van der Waals surface area contributed by atoms with E-state index in [0.717, 1.165) is 25.8 Å². The average Bonchev–Trinajstić information content (AvgIpc) is 2.05. The molecule has 0 radical (unpaired) electrons. The molecule has 4 N–H and O–H groups in total. The highest BCUT2D eigenvalue weighted by molar-refractivity contribution is 4.77. The summed E-state index contributed by atoms with van der Waals surface area (Å²) in [4.78, 5) is 0. The molecule has 0 spiro atoms. The molecular formula is C9H19N3. The molecule has 70 valence electrons. The van der Waals surface area contributed by atoms with Gasteiger partial charge in [0.25, 0.3) is 0 Å². The van der Waals surface area contributed by atoms with E-state index >= 15 is 0 Å². The second-order valence-corrected chi connectivity index (χ2v) is 3.11.